The van der Waals surface area contributed by atoms with Crippen LogP contribution in [0.4, 0.5) is 0 Å². The highest BCUT2D eigenvalue weighted by Crippen LogP contribution is 2.20. The molecule has 0 aliphatic rings. The Hall–Kier alpha value is -0.940. The van der Waals surface area contributed by atoms with E-state index in [2.05, 4.69) is 31.2 Å². The van der Waals surface area contributed by atoms with E-state index in [0.29, 0.717) is 6.54 Å². The molecule has 0 radical (unpaired) electrons. The summed E-state index contributed by atoms with van der Waals surface area (Å²) in [5.41, 5.74) is 1.75. The summed E-state index contributed by atoms with van der Waals surface area (Å²) in [5.74, 6) is 0. The average Bonchev–Trinajstić information content (AvgIpc) is 2.80. The molecule has 0 bridgehead atoms. The van der Waals surface area contributed by atoms with Gasteiger partial charge >= 0.3 is 0 Å². The van der Waals surface area contributed by atoms with Crippen molar-refractivity contribution in [3.63, 3.8) is 0 Å². The highest BCUT2D eigenvalue weighted by Gasteiger charge is 2.10. The monoisotopic (exact) mass is 314 g/mol. The van der Waals surface area contributed by atoms with Gasteiger partial charge in [-0.1, -0.05) is 12.1 Å². The molecular weight excluding hydrogens is 304 g/mol. The highest BCUT2D eigenvalue weighted by molar-refractivity contribution is 9.10. The predicted molar refractivity (Wildman–Crippen MR) is 69.9 cm³/mol. The maximum absolute atomic E-state index is 6.09. The van der Waals surface area contributed by atoms with E-state index >= 15 is 0 Å². The van der Waals surface area contributed by atoms with Gasteiger partial charge in [-0.15, -0.1) is 16.7 Å². The van der Waals surface area contributed by atoms with E-state index in [-0.39, 0.29) is 5.38 Å². The molecule has 1 unspecified atom stereocenters. The molecule has 0 aromatic carbocycles. The standard InChI is InChI=1S/C11H12BrClN4/c1-2-10(13)11-7-17(16-15-11)6-9-4-3-8(12)5-14-9/h3-5,7,10H,2,6H2,1H3. The first kappa shape index (κ1) is 12.5. The smallest absolute Gasteiger partial charge is 0.101 e. The molecule has 2 aromatic rings. The first-order valence-corrected chi connectivity index (χ1v) is 6.56. The summed E-state index contributed by atoms with van der Waals surface area (Å²) in [5, 5.41) is 8.01. The van der Waals surface area contributed by atoms with E-state index < -0.39 is 0 Å². The summed E-state index contributed by atoms with van der Waals surface area (Å²) >= 11 is 9.44. The summed E-state index contributed by atoms with van der Waals surface area (Å²) in [7, 11) is 0. The van der Waals surface area contributed by atoms with E-state index in [1.165, 1.54) is 0 Å². The van der Waals surface area contributed by atoms with Gasteiger partial charge in [-0.25, -0.2) is 4.68 Å². The fourth-order valence-electron chi connectivity index (χ4n) is 1.41. The second kappa shape index (κ2) is 5.60. The van der Waals surface area contributed by atoms with Crippen LogP contribution in [0.3, 0.4) is 0 Å². The molecule has 0 fully saturated rings. The quantitative estimate of drug-likeness (QED) is 0.814. The summed E-state index contributed by atoms with van der Waals surface area (Å²) in [6.07, 6.45) is 4.48. The molecule has 0 spiro atoms. The van der Waals surface area contributed by atoms with Gasteiger partial charge in [0, 0.05) is 10.7 Å². The van der Waals surface area contributed by atoms with Crippen LogP contribution in [0.25, 0.3) is 0 Å². The molecule has 2 heterocycles. The minimum atomic E-state index is -0.0679. The van der Waals surface area contributed by atoms with Crippen molar-refractivity contribution in [3.8, 4) is 0 Å². The zero-order chi connectivity index (χ0) is 12.3. The third-order valence-corrected chi connectivity index (χ3v) is 3.35. The topological polar surface area (TPSA) is 43.6 Å². The minimum absolute atomic E-state index is 0.0679. The van der Waals surface area contributed by atoms with Gasteiger partial charge in [0.15, 0.2) is 0 Å². The van der Waals surface area contributed by atoms with Crippen LogP contribution in [0.5, 0.6) is 0 Å². The second-order valence-electron chi connectivity index (χ2n) is 3.68. The molecule has 0 saturated carbocycles. The fraction of sp³-hybridized carbons (Fsp3) is 0.364. The lowest BCUT2D eigenvalue weighted by atomic mass is 10.3. The normalized spacial score (nSPS) is 12.6. The van der Waals surface area contributed by atoms with Crippen LogP contribution in [0.1, 0.15) is 30.1 Å². The lowest BCUT2D eigenvalue weighted by molar-refractivity contribution is 0.638. The van der Waals surface area contributed by atoms with Crippen molar-refractivity contribution in [3.05, 3.63) is 40.4 Å². The molecule has 4 nitrogen and oxygen atoms in total. The zero-order valence-electron chi connectivity index (χ0n) is 9.35. The number of rotatable bonds is 4. The molecule has 0 N–H and O–H groups in total. The third-order valence-electron chi connectivity index (χ3n) is 2.35. The summed E-state index contributed by atoms with van der Waals surface area (Å²) in [6.45, 7) is 2.63. The number of aromatic nitrogens is 4. The van der Waals surface area contributed by atoms with E-state index in [4.69, 9.17) is 11.6 Å². The Balaban J connectivity index is 2.08. The van der Waals surface area contributed by atoms with Crippen LogP contribution >= 0.6 is 27.5 Å². The zero-order valence-corrected chi connectivity index (χ0v) is 11.7. The number of pyridine rings is 1. The van der Waals surface area contributed by atoms with Crippen LogP contribution in [-0.4, -0.2) is 20.0 Å². The lowest BCUT2D eigenvalue weighted by Crippen LogP contribution is -2.02. The minimum Gasteiger partial charge on any atom is -0.258 e. The van der Waals surface area contributed by atoms with E-state index in [9.17, 15) is 0 Å². The SMILES string of the molecule is CCC(Cl)c1cn(Cc2ccc(Br)cn2)nn1. The van der Waals surface area contributed by atoms with Crippen LogP contribution in [0.15, 0.2) is 29.0 Å². The van der Waals surface area contributed by atoms with Crippen molar-refractivity contribution in [2.24, 2.45) is 0 Å². The number of alkyl halides is 1. The summed E-state index contributed by atoms with van der Waals surface area (Å²) < 4.78 is 2.71. The third kappa shape index (κ3) is 3.26. The molecule has 6 heteroatoms. The van der Waals surface area contributed by atoms with Crippen LogP contribution < -0.4 is 0 Å². The Morgan fingerprint density at radius 2 is 2.29 bits per heavy atom. The Labute approximate surface area is 113 Å². The molecule has 90 valence electrons. The molecular formula is C11H12BrClN4. The Morgan fingerprint density at radius 1 is 1.47 bits per heavy atom. The Bertz CT molecular complexity index is 482. The second-order valence-corrected chi connectivity index (χ2v) is 5.13. The van der Waals surface area contributed by atoms with Gasteiger partial charge in [0.2, 0.25) is 0 Å². The number of nitrogens with zero attached hydrogens (tertiary/aromatic N) is 4. The highest BCUT2D eigenvalue weighted by atomic mass is 79.9. The Kier molecular flexibility index (Phi) is 4.12. The summed E-state index contributed by atoms with van der Waals surface area (Å²) in [6, 6.07) is 3.90. The van der Waals surface area contributed by atoms with Gasteiger partial charge in [0.25, 0.3) is 0 Å². The van der Waals surface area contributed by atoms with E-state index in [1.54, 1.807) is 10.9 Å². The van der Waals surface area contributed by atoms with Gasteiger partial charge in [-0.3, -0.25) is 4.98 Å². The van der Waals surface area contributed by atoms with Gasteiger partial charge in [-0.05, 0) is 34.5 Å². The van der Waals surface area contributed by atoms with Crippen molar-refractivity contribution in [2.75, 3.05) is 0 Å². The predicted octanol–water partition coefficient (Wildman–Crippen LogP) is 3.17. The van der Waals surface area contributed by atoms with Gasteiger partial charge in [-0.2, -0.15) is 0 Å². The Morgan fingerprint density at radius 3 is 2.94 bits per heavy atom. The van der Waals surface area contributed by atoms with Crippen molar-refractivity contribution in [2.45, 2.75) is 25.3 Å². The molecule has 1 atom stereocenters. The van der Waals surface area contributed by atoms with E-state index in [0.717, 1.165) is 22.3 Å². The van der Waals surface area contributed by atoms with Crippen molar-refractivity contribution in [1.29, 1.82) is 0 Å². The fourth-order valence-corrected chi connectivity index (χ4v) is 1.74. The first-order valence-electron chi connectivity index (χ1n) is 5.33. The van der Waals surface area contributed by atoms with Crippen LogP contribution in [0, 0.1) is 0 Å². The van der Waals surface area contributed by atoms with Crippen LogP contribution in [-0.2, 0) is 6.54 Å². The first-order chi connectivity index (χ1) is 8.19. The molecule has 0 aliphatic heterocycles. The average molecular weight is 316 g/mol. The number of hydrogen-bond donors (Lipinski definition) is 0. The maximum atomic E-state index is 6.09. The number of halogens is 2. The molecule has 0 saturated heterocycles. The molecule has 17 heavy (non-hydrogen) atoms. The van der Waals surface area contributed by atoms with Gasteiger partial charge in [0.05, 0.1) is 23.8 Å². The molecule has 2 rings (SSSR count). The van der Waals surface area contributed by atoms with Gasteiger partial charge < -0.3 is 0 Å². The largest absolute Gasteiger partial charge is 0.258 e. The van der Waals surface area contributed by atoms with Gasteiger partial charge in [0.1, 0.15) is 5.69 Å². The molecule has 2 aromatic heterocycles. The van der Waals surface area contributed by atoms with Crippen molar-refractivity contribution in [1.82, 2.24) is 20.0 Å². The van der Waals surface area contributed by atoms with Crippen molar-refractivity contribution < 1.29 is 0 Å². The maximum Gasteiger partial charge on any atom is 0.101 e. The van der Waals surface area contributed by atoms with Crippen LogP contribution in [0.2, 0.25) is 0 Å². The number of hydrogen-bond acceptors (Lipinski definition) is 3. The summed E-state index contributed by atoms with van der Waals surface area (Å²) in [4.78, 5) is 4.28. The van der Waals surface area contributed by atoms with E-state index in [1.807, 2.05) is 25.3 Å². The molecule has 0 aliphatic carbocycles. The lowest BCUT2D eigenvalue weighted by Gasteiger charge is -2.00. The molecule has 0 amide bonds. The van der Waals surface area contributed by atoms with Crippen molar-refractivity contribution >= 4 is 27.5 Å².